The quantitative estimate of drug-likeness (QED) is 0.589. The third-order valence-electron chi connectivity index (χ3n) is 3.88. The van der Waals surface area contributed by atoms with Crippen LogP contribution in [0.2, 0.25) is 0 Å². The van der Waals surface area contributed by atoms with Gasteiger partial charge in [0, 0.05) is 17.6 Å². The maximum Gasteiger partial charge on any atom is 0.230 e. The van der Waals surface area contributed by atoms with Crippen molar-refractivity contribution in [3.05, 3.63) is 42.5 Å². The number of allylic oxidation sites excluding steroid dienone is 1. The summed E-state index contributed by atoms with van der Waals surface area (Å²) in [4.78, 5) is 12.1. The van der Waals surface area contributed by atoms with Crippen molar-refractivity contribution in [3.8, 4) is 11.4 Å². The summed E-state index contributed by atoms with van der Waals surface area (Å²) in [6.45, 7) is 16.9. The first-order valence-electron chi connectivity index (χ1n) is 9.10. The Morgan fingerprint density at radius 1 is 1.15 bits per heavy atom. The van der Waals surface area contributed by atoms with Gasteiger partial charge in [-0.25, -0.2) is 0 Å². The molecule has 1 amide bonds. The topological polar surface area (TPSA) is 59.8 Å². The van der Waals surface area contributed by atoms with Crippen LogP contribution in [-0.4, -0.2) is 32.0 Å². The van der Waals surface area contributed by atoms with Crippen molar-refractivity contribution in [3.63, 3.8) is 0 Å². The van der Waals surface area contributed by atoms with Crippen LogP contribution >= 0.6 is 11.8 Å². The third-order valence-corrected chi connectivity index (χ3v) is 4.85. The molecule has 1 aromatic carbocycles. The van der Waals surface area contributed by atoms with Crippen molar-refractivity contribution < 1.29 is 4.79 Å². The number of nitrogens with zero attached hydrogens (tertiary/aromatic N) is 3. The van der Waals surface area contributed by atoms with Gasteiger partial charge >= 0.3 is 0 Å². The van der Waals surface area contributed by atoms with Gasteiger partial charge in [-0.3, -0.25) is 9.36 Å². The number of rotatable bonds is 6. The SMILES string of the molecule is C=CCn1c(SCC(=O)NC(C)(C)C)nnc1-c1ccc(C(C)(C)C)cc1. The molecule has 6 heteroatoms. The third kappa shape index (κ3) is 5.96. The maximum absolute atomic E-state index is 12.1. The molecule has 0 saturated carbocycles. The number of benzene rings is 1. The molecule has 146 valence electrons. The molecular weight excluding hydrogens is 356 g/mol. The number of carbonyl (C=O) groups excluding carboxylic acids is 1. The highest BCUT2D eigenvalue weighted by Crippen LogP contribution is 2.27. The molecule has 2 rings (SSSR count). The fourth-order valence-electron chi connectivity index (χ4n) is 2.61. The second kappa shape index (κ2) is 8.30. The van der Waals surface area contributed by atoms with Crippen molar-refractivity contribution in [1.29, 1.82) is 0 Å². The average molecular weight is 387 g/mol. The van der Waals surface area contributed by atoms with Crippen LogP contribution in [0, 0.1) is 0 Å². The van der Waals surface area contributed by atoms with E-state index in [9.17, 15) is 4.79 Å². The minimum absolute atomic E-state index is 0.0169. The summed E-state index contributed by atoms with van der Waals surface area (Å²) < 4.78 is 1.99. The molecular formula is C21H30N4OS. The summed E-state index contributed by atoms with van der Waals surface area (Å²) in [5, 5.41) is 12.3. The summed E-state index contributed by atoms with van der Waals surface area (Å²) in [5.74, 6) is 1.07. The molecule has 1 N–H and O–H groups in total. The van der Waals surface area contributed by atoms with Gasteiger partial charge in [0.1, 0.15) is 0 Å². The molecule has 1 heterocycles. The molecule has 0 aliphatic rings. The molecule has 0 fully saturated rings. The van der Waals surface area contributed by atoms with Gasteiger partial charge in [-0.2, -0.15) is 0 Å². The van der Waals surface area contributed by atoms with Crippen LogP contribution in [0.1, 0.15) is 47.1 Å². The smallest absolute Gasteiger partial charge is 0.230 e. The van der Waals surface area contributed by atoms with Crippen molar-refractivity contribution in [1.82, 2.24) is 20.1 Å². The van der Waals surface area contributed by atoms with Crippen LogP contribution in [-0.2, 0) is 16.8 Å². The Morgan fingerprint density at radius 2 is 1.78 bits per heavy atom. The lowest BCUT2D eigenvalue weighted by Gasteiger charge is -2.20. The molecule has 0 saturated heterocycles. The number of amides is 1. The Labute approximate surface area is 166 Å². The Kier molecular flexibility index (Phi) is 6.52. The largest absolute Gasteiger partial charge is 0.351 e. The van der Waals surface area contributed by atoms with E-state index in [4.69, 9.17) is 0 Å². The highest BCUT2D eigenvalue weighted by Gasteiger charge is 2.18. The van der Waals surface area contributed by atoms with Gasteiger partial charge in [0.25, 0.3) is 0 Å². The van der Waals surface area contributed by atoms with Crippen LogP contribution < -0.4 is 5.32 Å². The molecule has 0 spiro atoms. The Hall–Kier alpha value is -2.08. The summed E-state index contributed by atoms with van der Waals surface area (Å²) in [6, 6.07) is 8.41. The first-order valence-corrected chi connectivity index (χ1v) is 10.1. The van der Waals surface area contributed by atoms with Crippen LogP contribution in [0.5, 0.6) is 0 Å². The predicted molar refractivity (Wildman–Crippen MR) is 113 cm³/mol. The molecule has 5 nitrogen and oxygen atoms in total. The predicted octanol–water partition coefficient (Wildman–Crippen LogP) is 4.44. The lowest BCUT2D eigenvalue weighted by molar-refractivity contribution is -0.119. The van der Waals surface area contributed by atoms with E-state index in [0.29, 0.717) is 17.5 Å². The summed E-state index contributed by atoms with van der Waals surface area (Å²) >= 11 is 1.39. The molecule has 0 atom stereocenters. The van der Waals surface area contributed by atoms with Crippen LogP contribution in [0.15, 0.2) is 42.1 Å². The van der Waals surface area contributed by atoms with E-state index in [-0.39, 0.29) is 16.9 Å². The number of hydrogen-bond acceptors (Lipinski definition) is 4. The number of aromatic nitrogens is 3. The zero-order valence-corrected chi connectivity index (χ0v) is 18.0. The minimum Gasteiger partial charge on any atom is -0.351 e. The van der Waals surface area contributed by atoms with Gasteiger partial charge in [0.2, 0.25) is 5.91 Å². The molecule has 0 aliphatic heterocycles. The number of carbonyl (C=O) groups is 1. The fraction of sp³-hybridized carbons (Fsp3) is 0.476. The van der Waals surface area contributed by atoms with Gasteiger partial charge < -0.3 is 5.32 Å². The Balaban J connectivity index is 2.21. The highest BCUT2D eigenvalue weighted by atomic mass is 32.2. The highest BCUT2D eigenvalue weighted by molar-refractivity contribution is 7.99. The zero-order chi connectivity index (χ0) is 20.2. The molecule has 2 aromatic rings. The Morgan fingerprint density at radius 3 is 2.30 bits per heavy atom. The van der Waals surface area contributed by atoms with E-state index in [2.05, 4.69) is 67.1 Å². The molecule has 27 heavy (non-hydrogen) atoms. The van der Waals surface area contributed by atoms with Crippen molar-refractivity contribution in [2.45, 2.75) is 64.2 Å². The maximum atomic E-state index is 12.1. The summed E-state index contributed by atoms with van der Waals surface area (Å²) in [6.07, 6.45) is 1.82. The summed E-state index contributed by atoms with van der Waals surface area (Å²) in [5.41, 5.74) is 2.14. The van der Waals surface area contributed by atoms with Crippen LogP contribution in [0.3, 0.4) is 0 Å². The molecule has 0 aliphatic carbocycles. The van der Waals surface area contributed by atoms with E-state index in [1.165, 1.54) is 17.3 Å². The van der Waals surface area contributed by atoms with E-state index in [1.54, 1.807) is 0 Å². The number of hydrogen-bond donors (Lipinski definition) is 1. The van der Waals surface area contributed by atoms with Gasteiger partial charge in [0.15, 0.2) is 11.0 Å². The van der Waals surface area contributed by atoms with Crippen LogP contribution in [0.4, 0.5) is 0 Å². The van der Waals surface area contributed by atoms with E-state index in [1.807, 2.05) is 31.4 Å². The van der Waals surface area contributed by atoms with E-state index < -0.39 is 0 Å². The molecule has 1 aromatic heterocycles. The van der Waals surface area contributed by atoms with Gasteiger partial charge in [-0.1, -0.05) is 62.9 Å². The first-order chi connectivity index (χ1) is 12.5. The molecule has 0 radical (unpaired) electrons. The normalized spacial score (nSPS) is 12.1. The summed E-state index contributed by atoms with van der Waals surface area (Å²) in [7, 11) is 0. The molecule has 0 bridgehead atoms. The van der Waals surface area contributed by atoms with Crippen molar-refractivity contribution in [2.75, 3.05) is 5.75 Å². The monoisotopic (exact) mass is 386 g/mol. The number of thioether (sulfide) groups is 1. The second-order valence-electron chi connectivity index (χ2n) is 8.62. The zero-order valence-electron chi connectivity index (χ0n) is 17.2. The second-order valence-corrected chi connectivity index (χ2v) is 9.56. The Bertz CT molecular complexity index is 795. The first kappa shape index (κ1) is 21.2. The minimum atomic E-state index is -0.244. The average Bonchev–Trinajstić information content (AvgIpc) is 2.94. The fourth-order valence-corrected chi connectivity index (χ4v) is 3.35. The van der Waals surface area contributed by atoms with Gasteiger partial charge in [-0.05, 0) is 31.7 Å². The number of nitrogens with one attached hydrogen (secondary N) is 1. The lowest BCUT2D eigenvalue weighted by atomic mass is 9.87. The lowest BCUT2D eigenvalue weighted by Crippen LogP contribution is -2.41. The van der Waals surface area contributed by atoms with Crippen molar-refractivity contribution >= 4 is 17.7 Å². The van der Waals surface area contributed by atoms with E-state index >= 15 is 0 Å². The van der Waals surface area contributed by atoms with Crippen LogP contribution in [0.25, 0.3) is 11.4 Å². The molecule has 0 unspecified atom stereocenters. The standard InChI is InChI=1S/C21H30N4OS/c1-8-13-25-18(15-9-11-16(12-10-15)20(2,3)4)23-24-19(25)27-14-17(26)22-21(5,6)7/h8-12H,1,13-14H2,2-7H3,(H,22,26). The van der Waals surface area contributed by atoms with Gasteiger partial charge in [-0.15, -0.1) is 16.8 Å². The van der Waals surface area contributed by atoms with E-state index in [0.717, 1.165) is 11.4 Å². The van der Waals surface area contributed by atoms with Crippen molar-refractivity contribution in [2.24, 2.45) is 0 Å². The van der Waals surface area contributed by atoms with Gasteiger partial charge in [0.05, 0.1) is 5.75 Å².